The zero-order valence-corrected chi connectivity index (χ0v) is 28.1. The SMILES string of the molecule is COC(=O)Nc1nc(C)c(S(=O)(=O)N2CCN(C[C@H](C)Nc3ncnc4c(-c5ccc(C)c(CN(C)C)c5)cccc34)CC2)s1. The average molecular weight is 653 g/mol. The monoisotopic (exact) mass is 652 g/mol. The summed E-state index contributed by atoms with van der Waals surface area (Å²) in [6.07, 6.45) is 0.910. The number of thiazole rings is 1. The molecule has 1 amide bonds. The molecular weight excluding hydrogens is 613 g/mol. The van der Waals surface area contributed by atoms with Crippen LogP contribution in [0.3, 0.4) is 0 Å². The van der Waals surface area contributed by atoms with Crippen LogP contribution in [0, 0.1) is 13.8 Å². The number of aryl methyl sites for hydroxylation is 2. The number of carbonyl (C=O) groups excluding carboxylic acids is 1. The Balaban J connectivity index is 1.24. The summed E-state index contributed by atoms with van der Waals surface area (Å²) in [6.45, 7) is 9.35. The summed E-state index contributed by atoms with van der Waals surface area (Å²) in [5.41, 5.74) is 5.97. The minimum atomic E-state index is -3.74. The van der Waals surface area contributed by atoms with Crippen LogP contribution in [0.1, 0.15) is 23.7 Å². The maximum atomic E-state index is 13.4. The molecule has 1 aliphatic rings. The summed E-state index contributed by atoms with van der Waals surface area (Å²) in [6, 6.07) is 12.8. The van der Waals surface area contributed by atoms with E-state index in [9.17, 15) is 13.2 Å². The molecular formula is C31H40N8O4S2. The van der Waals surface area contributed by atoms with E-state index in [0.717, 1.165) is 52.3 Å². The van der Waals surface area contributed by atoms with Gasteiger partial charge in [-0.05, 0) is 63.7 Å². The van der Waals surface area contributed by atoms with Gasteiger partial charge in [0.25, 0.3) is 10.0 Å². The Morgan fingerprint density at radius 2 is 1.87 bits per heavy atom. The Hall–Kier alpha value is -3.69. The highest BCUT2D eigenvalue weighted by Gasteiger charge is 2.32. The lowest BCUT2D eigenvalue weighted by molar-refractivity contribution is 0.184. The highest BCUT2D eigenvalue weighted by molar-refractivity contribution is 7.91. The van der Waals surface area contributed by atoms with Crippen LogP contribution in [0.25, 0.3) is 22.0 Å². The van der Waals surface area contributed by atoms with Crippen LogP contribution in [0.2, 0.25) is 0 Å². The summed E-state index contributed by atoms with van der Waals surface area (Å²) in [5, 5.41) is 7.16. The van der Waals surface area contributed by atoms with Gasteiger partial charge in [0.2, 0.25) is 0 Å². The standard InChI is InChI=1S/C31H40N8O4S2/c1-20-10-11-23(16-24(20)18-37(4)5)25-8-7-9-26-27(25)32-19-33-28(26)34-21(2)17-38-12-14-39(15-13-38)45(41,42)29-22(3)35-30(44-29)36-31(40)43-6/h7-11,16,19,21H,12-15,17-18H2,1-6H3,(H,32,33,34)(H,35,36,40)/t21-/m0/s1. The van der Waals surface area contributed by atoms with E-state index < -0.39 is 16.1 Å². The second-order valence-corrected chi connectivity index (χ2v) is 14.7. The average Bonchev–Trinajstić information content (AvgIpc) is 3.38. The third-order valence-electron chi connectivity index (χ3n) is 7.78. The van der Waals surface area contributed by atoms with E-state index in [4.69, 9.17) is 0 Å². The first kappa shape index (κ1) is 32.7. The van der Waals surface area contributed by atoms with E-state index in [-0.39, 0.29) is 15.4 Å². The van der Waals surface area contributed by atoms with Gasteiger partial charge in [0.05, 0.1) is 18.3 Å². The number of nitrogens with one attached hydrogen (secondary N) is 2. The number of piperazine rings is 1. The molecule has 5 rings (SSSR count). The minimum Gasteiger partial charge on any atom is -0.453 e. The number of rotatable bonds is 10. The third-order valence-corrected chi connectivity index (χ3v) is 11.3. The Kier molecular flexibility index (Phi) is 9.99. The maximum absolute atomic E-state index is 13.4. The van der Waals surface area contributed by atoms with Crippen molar-refractivity contribution in [2.45, 2.75) is 37.6 Å². The second-order valence-electron chi connectivity index (χ2n) is 11.6. The number of anilines is 2. The van der Waals surface area contributed by atoms with Gasteiger partial charge < -0.3 is 15.0 Å². The van der Waals surface area contributed by atoms with Crippen molar-refractivity contribution in [1.82, 2.24) is 29.1 Å². The number of hydrogen-bond acceptors (Lipinski definition) is 11. The number of aromatic nitrogens is 3. The molecule has 0 radical (unpaired) electrons. The van der Waals surface area contributed by atoms with E-state index in [0.29, 0.717) is 31.9 Å². The van der Waals surface area contributed by atoms with Gasteiger partial charge in [0.15, 0.2) is 9.34 Å². The van der Waals surface area contributed by atoms with Crippen molar-refractivity contribution in [2.75, 3.05) is 64.6 Å². The Morgan fingerprint density at radius 1 is 1.11 bits per heavy atom. The second kappa shape index (κ2) is 13.7. The number of ether oxygens (including phenoxy) is 1. The third kappa shape index (κ3) is 7.42. The smallest absolute Gasteiger partial charge is 0.413 e. The van der Waals surface area contributed by atoms with E-state index in [1.54, 1.807) is 13.3 Å². The van der Waals surface area contributed by atoms with Gasteiger partial charge in [-0.25, -0.2) is 28.2 Å². The first-order valence-electron chi connectivity index (χ1n) is 14.8. The Morgan fingerprint density at radius 3 is 2.58 bits per heavy atom. The zero-order chi connectivity index (χ0) is 32.3. The molecule has 1 saturated heterocycles. The van der Waals surface area contributed by atoms with Crippen molar-refractivity contribution in [2.24, 2.45) is 0 Å². The zero-order valence-electron chi connectivity index (χ0n) is 26.5. The molecule has 240 valence electrons. The number of amides is 1. The molecule has 1 atom stereocenters. The van der Waals surface area contributed by atoms with E-state index in [1.165, 1.54) is 22.5 Å². The van der Waals surface area contributed by atoms with Gasteiger partial charge in [-0.1, -0.05) is 35.6 Å². The van der Waals surface area contributed by atoms with Crippen LogP contribution >= 0.6 is 11.3 Å². The van der Waals surface area contributed by atoms with Crippen molar-refractivity contribution in [3.05, 3.63) is 59.5 Å². The molecule has 0 unspecified atom stereocenters. The molecule has 3 heterocycles. The van der Waals surface area contributed by atoms with Crippen molar-refractivity contribution < 1.29 is 17.9 Å². The number of para-hydroxylation sites is 1. The molecule has 12 nitrogen and oxygen atoms in total. The summed E-state index contributed by atoms with van der Waals surface area (Å²) >= 11 is 0.930. The highest BCUT2D eigenvalue weighted by Crippen LogP contribution is 2.32. The van der Waals surface area contributed by atoms with Gasteiger partial charge >= 0.3 is 6.09 Å². The molecule has 0 aliphatic carbocycles. The molecule has 2 N–H and O–H groups in total. The predicted molar refractivity (Wildman–Crippen MR) is 178 cm³/mol. The van der Waals surface area contributed by atoms with Crippen molar-refractivity contribution in [1.29, 1.82) is 0 Å². The largest absolute Gasteiger partial charge is 0.453 e. The molecule has 2 aromatic heterocycles. The normalized spacial score (nSPS) is 15.4. The van der Waals surface area contributed by atoms with Crippen LogP contribution in [0.4, 0.5) is 15.7 Å². The molecule has 14 heteroatoms. The summed E-state index contributed by atoms with van der Waals surface area (Å²) in [5.74, 6) is 0.772. The molecule has 4 aromatic rings. The molecule has 1 aliphatic heterocycles. The summed E-state index contributed by atoms with van der Waals surface area (Å²) < 4.78 is 33.0. The van der Waals surface area contributed by atoms with Crippen molar-refractivity contribution in [3.63, 3.8) is 0 Å². The number of carbonyl (C=O) groups is 1. The predicted octanol–water partition coefficient (Wildman–Crippen LogP) is 4.42. The highest BCUT2D eigenvalue weighted by atomic mass is 32.2. The van der Waals surface area contributed by atoms with Gasteiger partial charge in [-0.3, -0.25) is 10.2 Å². The topological polar surface area (TPSA) is 133 Å². The lowest BCUT2D eigenvalue weighted by Crippen LogP contribution is -2.50. The first-order valence-corrected chi connectivity index (χ1v) is 17.0. The molecule has 0 saturated carbocycles. The quantitative estimate of drug-likeness (QED) is 0.254. The molecule has 1 fully saturated rings. The number of sulfonamides is 1. The van der Waals surface area contributed by atoms with E-state index in [1.807, 2.05) is 12.1 Å². The first-order chi connectivity index (χ1) is 21.5. The van der Waals surface area contributed by atoms with Crippen LogP contribution in [0.15, 0.2) is 46.9 Å². The van der Waals surface area contributed by atoms with Gasteiger partial charge in [-0.2, -0.15) is 4.31 Å². The minimum absolute atomic E-state index is 0.0525. The number of fused-ring (bicyclic) bond motifs is 1. The number of nitrogens with zero attached hydrogens (tertiary/aromatic N) is 6. The summed E-state index contributed by atoms with van der Waals surface area (Å²) in [7, 11) is 1.65. The van der Waals surface area contributed by atoms with Crippen LogP contribution in [-0.2, 0) is 21.3 Å². The fraction of sp³-hybridized carbons (Fsp3) is 0.419. The summed E-state index contributed by atoms with van der Waals surface area (Å²) in [4.78, 5) is 29.4. The molecule has 45 heavy (non-hydrogen) atoms. The van der Waals surface area contributed by atoms with E-state index >= 15 is 0 Å². The van der Waals surface area contributed by atoms with Gasteiger partial charge in [0, 0.05) is 56.3 Å². The van der Waals surface area contributed by atoms with Crippen LogP contribution in [0.5, 0.6) is 0 Å². The van der Waals surface area contributed by atoms with Crippen molar-refractivity contribution >= 4 is 49.3 Å². The lowest BCUT2D eigenvalue weighted by atomic mass is 9.97. The molecule has 0 spiro atoms. The van der Waals surface area contributed by atoms with Crippen LogP contribution in [-0.4, -0.2) is 104 Å². The lowest BCUT2D eigenvalue weighted by Gasteiger charge is -2.35. The number of hydrogen-bond donors (Lipinski definition) is 2. The Bertz CT molecular complexity index is 1790. The molecule has 2 aromatic carbocycles. The fourth-order valence-corrected chi connectivity index (χ4v) is 8.49. The van der Waals surface area contributed by atoms with Crippen molar-refractivity contribution in [3.8, 4) is 11.1 Å². The maximum Gasteiger partial charge on any atom is 0.413 e. The Labute approximate surface area is 268 Å². The van der Waals surface area contributed by atoms with E-state index in [2.05, 4.69) is 92.3 Å². The molecule has 0 bridgehead atoms. The fourth-order valence-electron chi connectivity index (χ4n) is 5.54. The van der Waals surface area contributed by atoms with Gasteiger partial charge in [0.1, 0.15) is 12.1 Å². The van der Waals surface area contributed by atoms with Gasteiger partial charge in [-0.15, -0.1) is 0 Å². The van der Waals surface area contributed by atoms with Crippen LogP contribution < -0.4 is 10.6 Å². The number of benzene rings is 2. The number of methoxy groups -OCH3 is 1.